The van der Waals surface area contributed by atoms with Crippen molar-refractivity contribution >= 4 is 11.6 Å². The van der Waals surface area contributed by atoms with Crippen molar-refractivity contribution in [2.75, 3.05) is 0 Å². The SMILES string of the molecule is CC(C)(C)c1cc(CC[C@H]2C[C@H](N)C2)cc(Cl)c1F. The highest BCUT2D eigenvalue weighted by Crippen LogP contribution is 2.33. The van der Waals surface area contributed by atoms with Gasteiger partial charge in [-0.15, -0.1) is 0 Å². The van der Waals surface area contributed by atoms with Crippen LogP contribution in [0, 0.1) is 11.7 Å². The molecule has 2 rings (SSSR count). The third-order valence-corrected chi connectivity index (χ3v) is 4.28. The van der Waals surface area contributed by atoms with Crippen molar-refractivity contribution in [2.24, 2.45) is 11.7 Å². The first-order valence-electron chi connectivity index (χ1n) is 7.01. The van der Waals surface area contributed by atoms with Crippen LogP contribution in [0.1, 0.15) is 51.2 Å². The molecule has 1 nitrogen and oxygen atoms in total. The normalized spacial score (nSPS) is 23.3. The van der Waals surface area contributed by atoms with Gasteiger partial charge in [0.15, 0.2) is 0 Å². The predicted molar refractivity (Wildman–Crippen MR) is 79.1 cm³/mol. The minimum absolute atomic E-state index is 0.220. The van der Waals surface area contributed by atoms with Crippen molar-refractivity contribution in [2.45, 2.75) is 57.9 Å². The number of hydrogen-bond donors (Lipinski definition) is 1. The molecule has 19 heavy (non-hydrogen) atoms. The lowest BCUT2D eigenvalue weighted by atomic mass is 9.77. The molecule has 1 saturated carbocycles. The van der Waals surface area contributed by atoms with Gasteiger partial charge in [0.2, 0.25) is 0 Å². The van der Waals surface area contributed by atoms with E-state index in [9.17, 15) is 4.39 Å². The Labute approximate surface area is 120 Å². The maximum Gasteiger partial charge on any atom is 0.145 e. The van der Waals surface area contributed by atoms with Crippen LogP contribution in [0.4, 0.5) is 4.39 Å². The van der Waals surface area contributed by atoms with Gasteiger partial charge in [0.25, 0.3) is 0 Å². The molecule has 0 aromatic heterocycles. The molecule has 0 atom stereocenters. The molecular formula is C16H23ClFN. The van der Waals surface area contributed by atoms with E-state index in [4.69, 9.17) is 17.3 Å². The highest BCUT2D eigenvalue weighted by Gasteiger charge is 2.26. The second-order valence-electron chi connectivity index (χ2n) is 6.83. The lowest BCUT2D eigenvalue weighted by Crippen LogP contribution is -2.36. The summed E-state index contributed by atoms with van der Waals surface area (Å²) >= 11 is 6.02. The molecule has 106 valence electrons. The summed E-state index contributed by atoms with van der Waals surface area (Å²) in [7, 11) is 0. The highest BCUT2D eigenvalue weighted by molar-refractivity contribution is 6.30. The molecule has 0 bridgehead atoms. The molecule has 0 radical (unpaired) electrons. The minimum Gasteiger partial charge on any atom is -0.328 e. The molecule has 0 spiro atoms. The Hall–Kier alpha value is -0.600. The van der Waals surface area contributed by atoms with E-state index in [0.717, 1.165) is 37.2 Å². The van der Waals surface area contributed by atoms with Crippen LogP contribution in [0.25, 0.3) is 0 Å². The van der Waals surface area contributed by atoms with Crippen molar-refractivity contribution in [1.29, 1.82) is 0 Å². The fourth-order valence-corrected chi connectivity index (χ4v) is 2.97. The quantitative estimate of drug-likeness (QED) is 0.871. The van der Waals surface area contributed by atoms with E-state index >= 15 is 0 Å². The summed E-state index contributed by atoms with van der Waals surface area (Å²) in [5, 5.41) is 0.243. The molecule has 0 saturated heterocycles. The first-order chi connectivity index (χ1) is 8.77. The van der Waals surface area contributed by atoms with Crippen LogP contribution in [-0.4, -0.2) is 6.04 Å². The van der Waals surface area contributed by atoms with Gasteiger partial charge >= 0.3 is 0 Å². The monoisotopic (exact) mass is 283 g/mol. The molecule has 3 heteroatoms. The lowest BCUT2D eigenvalue weighted by molar-refractivity contribution is 0.250. The van der Waals surface area contributed by atoms with E-state index < -0.39 is 0 Å². The number of aryl methyl sites for hydroxylation is 1. The molecular weight excluding hydrogens is 261 g/mol. The third-order valence-electron chi connectivity index (χ3n) is 4.01. The Balaban J connectivity index is 2.11. The van der Waals surface area contributed by atoms with E-state index in [1.807, 2.05) is 26.8 Å². The summed E-state index contributed by atoms with van der Waals surface area (Å²) in [4.78, 5) is 0. The van der Waals surface area contributed by atoms with E-state index in [1.54, 1.807) is 6.07 Å². The van der Waals surface area contributed by atoms with Gasteiger partial charge < -0.3 is 5.73 Å². The van der Waals surface area contributed by atoms with Gasteiger partial charge in [-0.25, -0.2) is 4.39 Å². The Morgan fingerprint density at radius 1 is 1.32 bits per heavy atom. The first kappa shape index (κ1) is 14.8. The van der Waals surface area contributed by atoms with E-state index in [1.165, 1.54) is 0 Å². The molecule has 2 N–H and O–H groups in total. The zero-order valence-electron chi connectivity index (χ0n) is 12.0. The smallest absolute Gasteiger partial charge is 0.145 e. The van der Waals surface area contributed by atoms with Crippen molar-refractivity contribution in [3.63, 3.8) is 0 Å². The van der Waals surface area contributed by atoms with Crippen LogP contribution in [0.5, 0.6) is 0 Å². The number of benzene rings is 1. The van der Waals surface area contributed by atoms with Crippen molar-refractivity contribution < 1.29 is 4.39 Å². The van der Waals surface area contributed by atoms with Gasteiger partial charge in [-0.05, 0) is 54.2 Å². The van der Waals surface area contributed by atoms with Crippen LogP contribution >= 0.6 is 11.6 Å². The van der Waals surface area contributed by atoms with Gasteiger partial charge in [-0.1, -0.05) is 38.4 Å². The van der Waals surface area contributed by atoms with Gasteiger partial charge in [-0.2, -0.15) is 0 Å². The van der Waals surface area contributed by atoms with Gasteiger partial charge in [0.05, 0.1) is 5.02 Å². The van der Waals surface area contributed by atoms with Crippen molar-refractivity contribution in [1.82, 2.24) is 0 Å². The Morgan fingerprint density at radius 3 is 2.47 bits per heavy atom. The largest absolute Gasteiger partial charge is 0.328 e. The number of nitrogens with two attached hydrogens (primary N) is 1. The zero-order chi connectivity index (χ0) is 14.2. The molecule has 1 fully saturated rings. The van der Waals surface area contributed by atoms with E-state index in [2.05, 4.69) is 0 Å². The molecule has 0 unspecified atom stereocenters. The zero-order valence-corrected chi connectivity index (χ0v) is 12.7. The average molecular weight is 284 g/mol. The lowest BCUT2D eigenvalue weighted by Gasteiger charge is -2.32. The van der Waals surface area contributed by atoms with Crippen LogP contribution in [0.3, 0.4) is 0 Å². The number of halogens is 2. The maximum atomic E-state index is 14.1. The maximum absolute atomic E-state index is 14.1. The summed E-state index contributed by atoms with van der Waals surface area (Å²) in [6.45, 7) is 6.03. The Bertz CT molecular complexity index is 459. The molecule has 0 aliphatic heterocycles. The van der Waals surface area contributed by atoms with Gasteiger partial charge in [-0.3, -0.25) is 0 Å². The summed E-state index contributed by atoms with van der Waals surface area (Å²) in [6, 6.07) is 4.14. The van der Waals surface area contributed by atoms with Crippen LogP contribution < -0.4 is 5.73 Å². The topological polar surface area (TPSA) is 26.0 Å². The molecule has 1 aromatic rings. The van der Waals surface area contributed by atoms with E-state index in [-0.39, 0.29) is 16.3 Å². The summed E-state index contributed by atoms with van der Waals surface area (Å²) in [5.41, 5.74) is 7.42. The molecule has 1 aromatic carbocycles. The van der Waals surface area contributed by atoms with Crippen LogP contribution in [-0.2, 0) is 11.8 Å². The van der Waals surface area contributed by atoms with Gasteiger partial charge in [0.1, 0.15) is 5.82 Å². The Kier molecular flexibility index (Phi) is 4.22. The van der Waals surface area contributed by atoms with Crippen molar-refractivity contribution in [3.05, 3.63) is 34.1 Å². The number of hydrogen-bond acceptors (Lipinski definition) is 1. The average Bonchev–Trinajstić information content (AvgIpc) is 2.25. The Morgan fingerprint density at radius 2 is 1.95 bits per heavy atom. The van der Waals surface area contributed by atoms with Crippen molar-refractivity contribution in [3.8, 4) is 0 Å². The first-order valence-corrected chi connectivity index (χ1v) is 7.39. The van der Waals surface area contributed by atoms with E-state index in [0.29, 0.717) is 11.6 Å². The highest BCUT2D eigenvalue weighted by atomic mass is 35.5. The molecule has 0 heterocycles. The summed E-state index contributed by atoms with van der Waals surface area (Å²) in [5.74, 6) is 0.459. The summed E-state index contributed by atoms with van der Waals surface area (Å²) in [6.07, 6.45) is 4.34. The fraction of sp³-hybridized carbons (Fsp3) is 0.625. The summed E-state index contributed by atoms with van der Waals surface area (Å²) < 4.78 is 14.1. The second-order valence-corrected chi connectivity index (χ2v) is 7.23. The molecule has 0 amide bonds. The second kappa shape index (κ2) is 5.41. The molecule has 1 aliphatic rings. The minimum atomic E-state index is -0.274. The fourth-order valence-electron chi connectivity index (χ4n) is 2.73. The third kappa shape index (κ3) is 3.49. The number of rotatable bonds is 3. The van der Waals surface area contributed by atoms with Crippen LogP contribution in [0.15, 0.2) is 12.1 Å². The van der Waals surface area contributed by atoms with Gasteiger partial charge in [0, 0.05) is 6.04 Å². The van der Waals surface area contributed by atoms with Crippen LogP contribution in [0.2, 0.25) is 5.02 Å². The standard InChI is InChI=1S/C16H23ClFN/c1-16(2,3)13-8-11(9-14(17)15(13)18)5-4-10-6-12(19)7-10/h8-10,12H,4-7,19H2,1-3H3/t10-,12-. The predicted octanol–water partition coefficient (Wildman–Crippen LogP) is 4.45. The molecule has 1 aliphatic carbocycles.